The van der Waals surface area contributed by atoms with Gasteiger partial charge in [0.2, 0.25) is 0 Å². The lowest BCUT2D eigenvalue weighted by molar-refractivity contribution is 0.0708. The van der Waals surface area contributed by atoms with Gasteiger partial charge in [0.15, 0.2) is 11.0 Å². The zero-order valence-electron chi connectivity index (χ0n) is 12.8. The van der Waals surface area contributed by atoms with E-state index in [1.165, 1.54) is 11.3 Å². The Morgan fingerprint density at radius 3 is 3.00 bits per heavy atom. The monoisotopic (exact) mass is 320 g/mol. The van der Waals surface area contributed by atoms with Gasteiger partial charge in [0.25, 0.3) is 5.91 Å². The number of thiazole rings is 1. The van der Waals surface area contributed by atoms with E-state index in [9.17, 15) is 4.79 Å². The van der Waals surface area contributed by atoms with Crippen molar-refractivity contribution in [2.45, 2.75) is 39.0 Å². The number of hydrogen-bond acceptors (Lipinski definition) is 6. The van der Waals surface area contributed by atoms with Crippen molar-refractivity contribution >= 4 is 22.4 Å². The molecule has 0 bridgehead atoms. The van der Waals surface area contributed by atoms with E-state index in [1.54, 1.807) is 0 Å². The van der Waals surface area contributed by atoms with Crippen LogP contribution in [0.2, 0.25) is 0 Å². The molecular formula is C14H20N6OS. The van der Waals surface area contributed by atoms with Gasteiger partial charge in [-0.1, -0.05) is 18.3 Å². The number of anilines is 1. The number of nitrogen functional groups attached to an aromatic ring is 1. The van der Waals surface area contributed by atoms with Crippen LogP contribution in [0.25, 0.3) is 0 Å². The number of carbonyl (C=O) groups excluding carboxylic acids is 1. The largest absolute Gasteiger partial charge is 0.375 e. The molecule has 1 unspecified atom stereocenters. The summed E-state index contributed by atoms with van der Waals surface area (Å²) in [6.45, 7) is 5.29. The van der Waals surface area contributed by atoms with Crippen molar-refractivity contribution in [3.8, 4) is 0 Å². The van der Waals surface area contributed by atoms with Crippen molar-refractivity contribution in [2.75, 3.05) is 18.8 Å². The molecule has 1 atom stereocenters. The van der Waals surface area contributed by atoms with E-state index < -0.39 is 0 Å². The smallest absolute Gasteiger partial charge is 0.265 e. The first-order chi connectivity index (χ1) is 10.6. The fourth-order valence-electron chi connectivity index (χ4n) is 2.84. The maximum absolute atomic E-state index is 12.8. The van der Waals surface area contributed by atoms with Gasteiger partial charge in [-0.2, -0.15) is 5.10 Å². The summed E-state index contributed by atoms with van der Waals surface area (Å²) in [5, 5.41) is 7.57. The summed E-state index contributed by atoms with van der Waals surface area (Å²) >= 11 is 1.28. The van der Waals surface area contributed by atoms with Gasteiger partial charge in [-0.15, -0.1) is 0 Å². The molecule has 22 heavy (non-hydrogen) atoms. The SMILES string of the molecule is CCc1nc(N)sc1C(=O)N1CCCC(c2n[nH]c(C)n2)C1. The number of aromatic amines is 1. The molecule has 1 saturated heterocycles. The zero-order valence-corrected chi connectivity index (χ0v) is 13.6. The van der Waals surface area contributed by atoms with Crippen LogP contribution in [0.5, 0.6) is 0 Å². The summed E-state index contributed by atoms with van der Waals surface area (Å²) in [5.41, 5.74) is 6.55. The van der Waals surface area contributed by atoms with Crippen LogP contribution in [0, 0.1) is 6.92 Å². The van der Waals surface area contributed by atoms with Crippen LogP contribution in [0.3, 0.4) is 0 Å². The molecule has 0 aliphatic carbocycles. The van der Waals surface area contributed by atoms with E-state index in [0.29, 0.717) is 23.0 Å². The maximum Gasteiger partial charge on any atom is 0.265 e. The Balaban J connectivity index is 1.78. The van der Waals surface area contributed by atoms with Crippen LogP contribution >= 0.6 is 11.3 Å². The number of hydrogen-bond donors (Lipinski definition) is 2. The number of aryl methyl sites for hydroxylation is 2. The van der Waals surface area contributed by atoms with Crippen molar-refractivity contribution in [3.05, 3.63) is 22.2 Å². The van der Waals surface area contributed by atoms with E-state index in [0.717, 1.165) is 36.7 Å². The van der Waals surface area contributed by atoms with Crippen LogP contribution in [0.4, 0.5) is 5.13 Å². The zero-order chi connectivity index (χ0) is 15.7. The molecule has 1 amide bonds. The van der Waals surface area contributed by atoms with Crippen LogP contribution in [0.15, 0.2) is 0 Å². The van der Waals surface area contributed by atoms with Crippen molar-refractivity contribution in [3.63, 3.8) is 0 Å². The fourth-order valence-corrected chi connectivity index (χ4v) is 3.72. The van der Waals surface area contributed by atoms with Crippen LogP contribution < -0.4 is 5.73 Å². The number of carbonyl (C=O) groups is 1. The number of amides is 1. The molecule has 3 rings (SSSR count). The topological polar surface area (TPSA) is 101 Å². The lowest BCUT2D eigenvalue weighted by atomic mass is 9.97. The van der Waals surface area contributed by atoms with Gasteiger partial charge in [-0.25, -0.2) is 9.97 Å². The number of H-pyrrole nitrogens is 1. The number of aromatic nitrogens is 4. The molecule has 1 aliphatic rings. The van der Waals surface area contributed by atoms with Gasteiger partial charge < -0.3 is 10.6 Å². The highest BCUT2D eigenvalue weighted by Gasteiger charge is 2.29. The second-order valence-corrected chi connectivity index (χ2v) is 6.58. The van der Waals surface area contributed by atoms with Crippen LogP contribution in [-0.4, -0.2) is 44.1 Å². The first kappa shape index (κ1) is 15.0. The van der Waals surface area contributed by atoms with Gasteiger partial charge in [-0.05, 0) is 26.2 Å². The molecule has 7 nitrogen and oxygen atoms in total. The molecule has 1 aliphatic heterocycles. The molecular weight excluding hydrogens is 300 g/mol. The van der Waals surface area contributed by atoms with E-state index in [-0.39, 0.29) is 11.8 Å². The quantitative estimate of drug-likeness (QED) is 0.897. The average molecular weight is 320 g/mol. The maximum atomic E-state index is 12.8. The predicted octanol–water partition coefficient (Wildman–Crippen LogP) is 1.73. The van der Waals surface area contributed by atoms with E-state index >= 15 is 0 Å². The Hall–Kier alpha value is -1.96. The van der Waals surface area contributed by atoms with Crippen LogP contribution in [0.1, 0.15) is 52.7 Å². The van der Waals surface area contributed by atoms with Crippen LogP contribution in [-0.2, 0) is 6.42 Å². The highest BCUT2D eigenvalue weighted by molar-refractivity contribution is 7.17. The van der Waals surface area contributed by atoms with Gasteiger partial charge in [-0.3, -0.25) is 9.89 Å². The molecule has 118 valence electrons. The Kier molecular flexibility index (Phi) is 4.10. The highest BCUT2D eigenvalue weighted by Crippen LogP contribution is 2.28. The molecule has 3 N–H and O–H groups in total. The summed E-state index contributed by atoms with van der Waals surface area (Å²) < 4.78 is 0. The second kappa shape index (κ2) is 6.04. The molecule has 2 aromatic heterocycles. The number of likely N-dealkylation sites (tertiary alicyclic amines) is 1. The molecule has 3 heterocycles. The Bertz CT molecular complexity index is 679. The first-order valence-corrected chi connectivity index (χ1v) is 8.33. The summed E-state index contributed by atoms with van der Waals surface area (Å²) in [7, 11) is 0. The third-order valence-corrected chi connectivity index (χ3v) is 4.85. The molecule has 0 aromatic carbocycles. The Morgan fingerprint density at radius 1 is 1.50 bits per heavy atom. The number of rotatable bonds is 3. The van der Waals surface area contributed by atoms with Gasteiger partial charge in [0, 0.05) is 19.0 Å². The van der Waals surface area contributed by atoms with E-state index in [2.05, 4.69) is 20.2 Å². The number of nitrogens with one attached hydrogen (secondary N) is 1. The average Bonchev–Trinajstić information content (AvgIpc) is 3.12. The molecule has 8 heteroatoms. The van der Waals surface area contributed by atoms with Gasteiger partial charge in [0.1, 0.15) is 10.7 Å². The highest BCUT2D eigenvalue weighted by atomic mass is 32.1. The third-order valence-electron chi connectivity index (χ3n) is 3.93. The minimum absolute atomic E-state index is 0.0306. The summed E-state index contributed by atoms with van der Waals surface area (Å²) in [4.78, 5) is 24.0. The van der Waals surface area contributed by atoms with E-state index in [1.807, 2.05) is 18.7 Å². The summed E-state index contributed by atoms with van der Waals surface area (Å²) in [6, 6.07) is 0. The number of nitrogens with two attached hydrogens (primary N) is 1. The normalized spacial score (nSPS) is 18.6. The van der Waals surface area contributed by atoms with Crippen molar-refractivity contribution in [1.29, 1.82) is 0 Å². The predicted molar refractivity (Wildman–Crippen MR) is 84.9 cm³/mol. The lowest BCUT2D eigenvalue weighted by Gasteiger charge is -2.31. The fraction of sp³-hybridized carbons (Fsp3) is 0.571. The standard InChI is InChI=1S/C14H20N6OS/c1-3-10-11(22-14(15)17-10)13(21)20-6-4-5-9(7-20)12-16-8(2)18-19-12/h9H,3-7H2,1-2H3,(H2,15,17)(H,16,18,19). The molecule has 0 saturated carbocycles. The number of nitrogens with zero attached hydrogens (tertiary/aromatic N) is 4. The Morgan fingerprint density at radius 2 is 2.32 bits per heavy atom. The summed E-state index contributed by atoms with van der Waals surface area (Å²) in [6.07, 6.45) is 2.68. The lowest BCUT2D eigenvalue weighted by Crippen LogP contribution is -2.39. The van der Waals surface area contributed by atoms with Crippen molar-refractivity contribution in [2.24, 2.45) is 0 Å². The molecule has 0 radical (unpaired) electrons. The molecule has 1 fully saturated rings. The van der Waals surface area contributed by atoms with Gasteiger partial charge in [0.05, 0.1) is 5.69 Å². The van der Waals surface area contributed by atoms with Gasteiger partial charge >= 0.3 is 0 Å². The minimum Gasteiger partial charge on any atom is -0.375 e. The second-order valence-electron chi connectivity index (χ2n) is 5.55. The van der Waals surface area contributed by atoms with Crippen molar-refractivity contribution in [1.82, 2.24) is 25.1 Å². The summed E-state index contributed by atoms with van der Waals surface area (Å²) in [5.74, 6) is 1.83. The minimum atomic E-state index is 0.0306. The third kappa shape index (κ3) is 2.83. The van der Waals surface area contributed by atoms with Crippen molar-refractivity contribution < 1.29 is 4.79 Å². The Labute approximate surface area is 133 Å². The van der Waals surface area contributed by atoms with E-state index in [4.69, 9.17) is 5.73 Å². The first-order valence-electron chi connectivity index (χ1n) is 7.51. The molecule has 0 spiro atoms. The number of piperidine rings is 1. The molecule has 2 aromatic rings.